The summed E-state index contributed by atoms with van der Waals surface area (Å²) in [5.41, 5.74) is 2.22. The standard InChI is InChI=1S/C28H36N4O4/c1-4-28(26(34)32(27(35)30-28)18-13-21-7-11-25(36-3)12-8-21)23-14-16-31(17-15-23)19-22-5-9-24(10-6-22)29-20(2)33/h5-12,23H,4,13-19H2,1-3H3,(H,29,33)(H,30,35). The molecule has 2 aliphatic heterocycles. The number of hydrogen-bond acceptors (Lipinski definition) is 5. The van der Waals surface area contributed by atoms with Crippen LogP contribution in [0.4, 0.5) is 10.5 Å². The summed E-state index contributed by atoms with van der Waals surface area (Å²) in [5, 5.41) is 5.88. The van der Waals surface area contributed by atoms with Gasteiger partial charge in [0, 0.05) is 25.7 Å². The number of anilines is 1. The molecule has 2 N–H and O–H groups in total. The first-order chi connectivity index (χ1) is 17.3. The van der Waals surface area contributed by atoms with Crippen molar-refractivity contribution in [3.8, 4) is 5.75 Å². The first kappa shape index (κ1) is 25.7. The van der Waals surface area contributed by atoms with Crippen molar-refractivity contribution in [2.24, 2.45) is 5.92 Å². The van der Waals surface area contributed by atoms with E-state index < -0.39 is 5.54 Å². The number of imide groups is 1. The largest absolute Gasteiger partial charge is 0.497 e. The second-order valence-corrected chi connectivity index (χ2v) is 9.74. The van der Waals surface area contributed by atoms with Crippen LogP contribution in [0.5, 0.6) is 5.75 Å². The Kier molecular flexibility index (Phi) is 7.94. The molecule has 0 radical (unpaired) electrons. The molecule has 2 fully saturated rings. The molecule has 192 valence electrons. The fourth-order valence-corrected chi connectivity index (χ4v) is 5.42. The minimum absolute atomic E-state index is 0.0810. The first-order valence-corrected chi connectivity index (χ1v) is 12.7. The molecular formula is C28H36N4O4. The Morgan fingerprint density at radius 1 is 1.06 bits per heavy atom. The molecule has 0 spiro atoms. The molecule has 8 heteroatoms. The Labute approximate surface area is 213 Å². The number of nitrogens with zero attached hydrogens (tertiary/aromatic N) is 2. The van der Waals surface area contributed by atoms with Crippen LogP contribution >= 0.6 is 0 Å². The molecule has 2 aliphatic rings. The lowest BCUT2D eigenvalue weighted by molar-refractivity contribution is -0.134. The monoisotopic (exact) mass is 492 g/mol. The summed E-state index contributed by atoms with van der Waals surface area (Å²) < 4.78 is 5.20. The number of methoxy groups -OCH3 is 1. The van der Waals surface area contributed by atoms with E-state index in [1.54, 1.807) is 7.11 Å². The lowest BCUT2D eigenvalue weighted by atomic mass is 9.75. The van der Waals surface area contributed by atoms with E-state index in [2.05, 4.69) is 15.5 Å². The average molecular weight is 493 g/mol. The number of hydrogen-bond donors (Lipinski definition) is 2. The van der Waals surface area contributed by atoms with Crippen molar-refractivity contribution in [1.82, 2.24) is 15.1 Å². The predicted molar refractivity (Wildman–Crippen MR) is 139 cm³/mol. The van der Waals surface area contributed by atoms with Gasteiger partial charge in [0.05, 0.1) is 7.11 Å². The summed E-state index contributed by atoms with van der Waals surface area (Å²) in [6.07, 6.45) is 2.92. The van der Waals surface area contributed by atoms with Crippen LogP contribution in [0.25, 0.3) is 0 Å². The van der Waals surface area contributed by atoms with Crippen molar-refractivity contribution in [2.45, 2.75) is 51.6 Å². The third-order valence-electron chi connectivity index (χ3n) is 7.51. The van der Waals surface area contributed by atoms with E-state index in [0.29, 0.717) is 19.4 Å². The van der Waals surface area contributed by atoms with Gasteiger partial charge in [0.2, 0.25) is 5.91 Å². The fourth-order valence-electron chi connectivity index (χ4n) is 5.42. The molecule has 36 heavy (non-hydrogen) atoms. The number of ether oxygens (including phenoxy) is 1. The molecule has 4 amide bonds. The highest BCUT2D eigenvalue weighted by Gasteiger charge is 2.54. The number of benzene rings is 2. The molecule has 0 saturated carbocycles. The van der Waals surface area contributed by atoms with Gasteiger partial charge in [-0.15, -0.1) is 0 Å². The van der Waals surface area contributed by atoms with Gasteiger partial charge in [-0.25, -0.2) is 4.79 Å². The van der Waals surface area contributed by atoms with Gasteiger partial charge in [-0.2, -0.15) is 0 Å². The van der Waals surface area contributed by atoms with E-state index in [1.165, 1.54) is 17.4 Å². The van der Waals surface area contributed by atoms with Crippen molar-refractivity contribution >= 4 is 23.5 Å². The summed E-state index contributed by atoms with van der Waals surface area (Å²) >= 11 is 0. The molecule has 1 atom stereocenters. The maximum absolute atomic E-state index is 13.5. The number of carbonyl (C=O) groups is 3. The Morgan fingerprint density at radius 2 is 1.69 bits per heavy atom. The maximum Gasteiger partial charge on any atom is 0.325 e. The topological polar surface area (TPSA) is 91.0 Å². The van der Waals surface area contributed by atoms with Gasteiger partial charge in [0.25, 0.3) is 5.91 Å². The number of likely N-dealkylation sites (tertiary alicyclic amines) is 1. The minimum Gasteiger partial charge on any atom is -0.497 e. The Balaban J connectivity index is 1.33. The van der Waals surface area contributed by atoms with Gasteiger partial charge in [0.1, 0.15) is 11.3 Å². The molecule has 0 bridgehead atoms. The van der Waals surface area contributed by atoms with Gasteiger partial charge in [-0.3, -0.25) is 19.4 Å². The van der Waals surface area contributed by atoms with Crippen LogP contribution in [0.2, 0.25) is 0 Å². The number of nitrogens with one attached hydrogen (secondary N) is 2. The van der Waals surface area contributed by atoms with E-state index in [0.717, 1.165) is 49.5 Å². The zero-order valence-electron chi connectivity index (χ0n) is 21.4. The van der Waals surface area contributed by atoms with Gasteiger partial charge in [0.15, 0.2) is 0 Å². The third kappa shape index (κ3) is 5.54. The SMILES string of the molecule is CCC1(C2CCN(Cc3ccc(NC(C)=O)cc3)CC2)NC(=O)N(CCc2ccc(OC)cc2)C1=O. The Hall–Kier alpha value is -3.39. The predicted octanol–water partition coefficient (Wildman–Crippen LogP) is 3.81. The van der Waals surface area contributed by atoms with Crippen LogP contribution in [0.3, 0.4) is 0 Å². The summed E-state index contributed by atoms with van der Waals surface area (Å²) in [5.74, 6) is 0.730. The van der Waals surface area contributed by atoms with Gasteiger partial charge < -0.3 is 15.4 Å². The van der Waals surface area contributed by atoms with Gasteiger partial charge in [-0.1, -0.05) is 31.2 Å². The summed E-state index contributed by atoms with van der Waals surface area (Å²) in [4.78, 5) is 41.4. The highest BCUT2D eigenvalue weighted by atomic mass is 16.5. The molecule has 0 aromatic heterocycles. The quantitative estimate of drug-likeness (QED) is 0.520. The second-order valence-electron chi connectivity index (χ2n) is 9.74. The Bertz CT molecular complexity index is 1080. The molecule has 0 aliphatic carbocycles. The van der Waals surface area contributed by atoms with Crippen LogP contribution in [0.1, 0.15) is 44.2 Å². The second kappa shape index (κ2) is 11.1. The number of amides is 4. The minimum atomic E-state index is -0.816. The van der Waals surface area contributed by atoms with E-state index in [1.807, 2.05) is 55.5 Å². The molecule has 2 saturated heterocycles. The molecule has 4 rings (SSSR count). The van der Waals surface area contributed by atoms with Crippen LogP contribution < -0.4 is 15.4 Å². The molecule has 2 aromatic carbocycles. The lowest BCUT2D eigenvalue weighted by Crippen LogP contribution is -2.55. The lowest BCUT2D eigenvalue weighted by Gasteiger charge is -2.40. The number of urea groups is 1. The summed E-state index contributed by atoms with van der Waals surface area (Å²) in [6.45, 7) is 6.42. The zero-order valence-corrected chi connectivity index (χ0v) is 21.4. The van der Waals surface area contributed by atoms with Gasteiger partial charge in [-0.05, 0) is 80.1 Å². The Morgan fingerprint density at radius 3 is 2.28 bits per heavy atom. The fraction of sp³-hybridized carbons (Fsp3) is 0.464. The van der Waals surface area contributed by atoms with Crippen LogP contribution in [0.15, 0.2) is 48.5 Å². The van der Waals surface area contributed by atoms with Crippen LogP contribution in [-0.2, 0) is 22.6 Å². The van der Waals surface area contributed by atoms with Gasteiger partial charge >= 0.3 is 6.03 Å². The van der Waals surface area contributed by atoms with Crippen molar-refractivity contribution < 1.29 is 19.1 Å². The molecule has 2 heterocycles. The highest BCUT2D eigenvalue weighted by Crippen LogP contribution is 2.36. The summed E-state index contributed by atoms with van der Waals surface area (Å²) in [7, 11) is 1.63. The van der Waals surface area contributed by atoms with E-state index in [4.69, 9.17) is 4.74 Å². The van der Waals surface area contributed by atoms with Crippen molar-refractivity contribution in [2.75, 3.05) is 32.1 Å². The molecule has 8 nitrogen and oxygen atoms in total. The van der Waals surface area contributed by atoms with E-state index >= 15 is 0 Å². The molecule has 1 unspecified atom stereocenters. The molecule has 2 aromatic rings. The average Bonchev–Trinajstić information content (AvgIpc) is 3.14. The van der Waals surface area contributed by atoms with Crippen LogP contribution in [0, 0.1) is 5.92 Å². The van der Waals surface area contributed by atoms with Crippen molar-refractivity contribution in [1.29, 1.82) is 0 Å². The maximum atomic E-state index is 13.5. The molecular weight excluding hydrogens is 456 g/mol. The third-order valence-corrected chi connectivity index (χ3v) is 7.51. The van der Waals surface area contributed by atoms with E-state index in [9.17, 15) is 14.4 Å². The zero-order chi connectivity index (χ0) is 25.7. The smallest absolute Gasteiger partial charge is 0.325 e. The number of piperidine rings is 1. The normalized spacial score (nSPS) is 20.9. The number of carbonyl (C=O) groups excluding carboxylic acids is 3. The van der Waals surface area contributed by atoms with Crippen molar-refractivity contribution in [3.05, 3.63) is 59.7 Å². The van der Waals surface area contributed by atoms with Crippen LogP contribution in [-0.4, -0.2) is 59.9 Å². The number of rotatable bonds is 9. The first-order valence-electron chi connectivity index (χ1n) is 12.7. The highest BCUT2D eigenvalue weighted by molar-refractivity contribution is 6.07. The van der Waals surface area contributed by atoms with Crippen molar-refractivity contribution in [3.63, 3.8) is 0 Å². The summed E-state index contributed by atoms with van der Waals surface area (Å²) in [6, 6.07) is 15.3. The van der Waals surface area contributed by atoms with E-state index in [-0.39, 0.29) is 23.8 Å².